The van der Waals surface area contributed by atoms with Gasteiger partial charge in [0.05, 0.1) is 12.1 Å². The molecule has 4 rings (SSSR count). The summed E-state index contributed by atoms with van der Waals surface area (Å²) in [6, 6.07) is 9.55. The summed E-state index contributed by atoms with van der Waals surface area (Å²) in [6.07, 6.45) is 6.13. The van der Waals surface area contributed by atoms with Crippen LogP contribution in [0.15, 0.2) is 44.7 Å². The molecule has 198 valence electrons. The van der Waals surface area contributed by atoms with E-state index >= 15 is 0 Å². The van der Waals surface area contributed by atoms with Crippen LogP contribution in [0.1, 0.15) is 76.8 Å². The van der Waals surface area contributed by atoms with E-state index in [0.717, 1.165) is 44.1 Å². The van der Waals surface area contributed by atoms with Crippen molar-refractivity contribution in [1.29, 1.82) is 0 Å². The van der Waals surface area contributed by atoms with Gasteiger partial charge in [-0.25, -0.2) is 9.20 Å². The second kappa shape index (κ2) is 11.6. The van der Waals surface area contributed by atoms with Crippen LogP contribution in [0, 0.1) is 0 Å². The number of fused-ring (bicyclic) bond motifs is 3. The van der Waals surface area contributed by atoms with E-state index in [-0.39, 0.29) is 47.0 Å². The predicted molar refractivity (Wildman–Crippen MR) is 146 cm³/mol. The Kier molecular flexibility index (Phi) is 8.31. The SMILES string of the molecule is CCCCCc1c(O)n2c3c(=O)n(CCCC)c(=O)n(CCCC)c3nc2n(Cc2ccccc2)c1=O. The van der Waals surface area contributed by atoms with E-state index in [9.17, 15) is 19.5 Å². The lowest BCUT2D eigenvalue weighted by atomic mass is 10.1. The molecule has 0 spiro atoms. The molecule has 9 nitrogen and oxygen atoms in total. The maximum atomic E-state index is 13.7. The van der Waals surface area contributed by atoms with Gasteiger partial charge in [0.15, 0.2) is 11.2 Å². The topological polar surface area (TPSA) is 104 Å². The number of aryl methyl sites for hydroxylation is 1. The largest absolute Gasteiger partial charge is 0.494 e. The molecule has 37 heavy (non-hydrogen) atoms. The smallest absolute Gasteiger partial charge is 0.332 e. The van der Waals surface area contributed by atoms with Gasteiger partial charge >= 0.3 is 5.69 Å². The minimum Gasteiger partial charge on any atom is -0.494 e. The third kappa shape index (κ3) is 4.99. The predicted octanol–water partition coefficient (Wildman–Crippen LogP) is 4.06. The highest BCUT2D eigenvalue weighted by molar-refractivity contribution is 5.76. The van der Waals surface area contributed by atoms with Crippen molar-refractivity contribution in [3.05, 3.63) is 72.7 Å². The summed E-state index contributed by atoms with van der Waals surface area (Å²) in [6.45, 7) is 7.03. The van der Waals surface area contributed by atoms with E-state index in [0.29, 0.717) is 19.4 Å². The van der Waals surface area contributed by atoms with Crippen molar-refractivity contribution in [2.75, 3.05) is 0 Å². The Hall–Kier alpha value is -3.62. The molecule has 4 aromatic rings. The van der Waals surface area contributed by atoms with Crippen molar-refractivity contribution < 1.29 is 5.11 Å². The Labute approximate surface area is 215 Å². The molecule has 3 aromatic heterocycles. The lowest BCUT2D eigenvalue weighted by Gasteiger charge is -2.14. The molecule has 0 aliphatic heterocycles. The molecular weight excluding hydrogens is 470 g/mol. The van der Waals surface area contributed by atoms with Gasteiger partial charge in [-0.1, -0.05) is 76.8 Å². The van der Waals surface area contributed by atoms with Crippen LogP contribution in [-0.4, -0.2) is 28.2 Å². The van der Waals surface area contributed by atoms with Gasteiger partial charge < -0.3 is 5.11 Å². The molecule has 0 saturated heterocycles. The zero-order chi connectivity index (χ0) is 26.5. The van der Waals surface area contributed by atoms with Crippen molar-refractivity contribution in [2.24, 2.45) is 0 Å². The van der Waals surface area contributed by atoms with Crippen molar-refractivity contribution in [1.82, 2.24) is 23.1 Å². The molecule has 1 aromatic carbocycles. The maximum Gasteiger partial charge on any atom is 0.332 e. The Morgan fingerprint density at radius 1 is 0.784 bits per heavy atom. The van der Waals surface area contributed by atoms with Crippen molar-refractivity contribution in [3.63, 3.8) is 0 Å². The summed E-state index contributed by atoms with van der Waals surface area (Å²) < 4.78 is 5.68. The van der Waals surface area contributed by atoms with E-state index < -0.39 is 11.2 Å². The summed E-state index contributed by atoms with van der Waals surface area (Å²) in [7, 11) is 0. The highest BCUT2D eigenvalue weighted by Crippen LogP contribution is 2.23. The first-order valence-electron chi connectivity index (χ1n) is 13.5. The number of aromatic hydroxyl groups is 1. The molecule has 9 heteroatoms. The Bertz CT molecular complexity index is 1560. The lowest BCUT2D eigenvalue weighted by molar-refractivity contribution is 0.432. The normalized spacial score (nSPS) is 11.6. The molecule has 0 atom stereocenters. The summed E-state index contributed by atoms with van der Waals surface area (Å²) in [4.78, 5) is 45.5. The lowest BCUT2D eigenvalue weighted by Crippen LogP contribution is -2.40. The summed E-state index contributed by atoms with van der Waals surface area (Å²) in [5.41, 5.74) is 0.288. The van der Waals surface area contributed by atoms with E-state index in [4.69, 9.17) is 0 Å². The number of imidazole rings is 1. The molecule has 0 amide bonds. The molecule has 0 aliphatic rings. The summed E-state index contributed by atoms with van der Waals surface area (Å²) in [5, 5.41) is 11.4. The van der Waals surface area contributed by atoms with Gasteiger partial charge in [-0.15, -0.1) is 0 Å². The minimum atomic E-state index is -0.492. The van der Waals surface area contributed by atoms with Crippen LogP contribution in [-0.2, 0) is 26.1 Å². The second-order valence-electron chi connectivity index (χ2n) is 9.65. The van der Waals surface area contributed by atoms with Crippen LogP contribution >= 0.6 is 0 Å². The highest BCUT2D eigenvalue weighted by Gasteiger charge is 2.25. The van der Waals surface area contributed by atoms with Crippen LogP contribution in [0.5, 0.6) is 5.88 Å². The number of benzene rings is 1. The average Bonchev–Trinajstić information content (AvgIpc) is 3.30. The zero-order valence-corrected chi connectivity index (χ0v) is 22.1. The molecule has 3 heterocycles. The first-order chi connectivity index (χ1) is 17.9. The number of hydrogen-bond acceptors (Lipinski definition) is 5. The molecule has 0 bridgehead atoms. The average molecular weight is 508 g/mol. The van der Waals surface area contributed by atoms with Gasteiger partial charge in [-0.05, 0) is 31.2 Å². The number of aromatic nitrogens is 5. The van der Waals surface area contributed by atoms with E-state index in [1.165, 1.54) is 18.1 Å². The Balaban J connectivity index is 2.11. The van der Waals surface area contributed by atoms with Gasteiger partial charge in [0, 0.05) is 13.1 Å². The van der Waals surface area contributed by atoms with Crippen LogP contribution in [0.25, 0.3) is 16.9 Å². The van der Waals surface area contributed by atoms with Gasteiger partial charge in [0.2, 0.25) is 11.7 Å². The number of hydrogen-bond donors (Lipinski definition) is 1. The minimum absolute atomic E-state index is 0.137. The zero-order valence-electron chi connectivity index (χ0n) is 22.1. The second-order valence-corrected chi connectivity index (χ2v) is 9.65. The standard InChI is InChI=1S/C28H37N5O4/c1-4-7-11-16-21-24(34)32(19-20-14-12-10-13-15-20)27-29-23-22(33(27)25(21)35)26(36)31(18-9-6-3)28(37)30(23)17-8-5-2/h10,12-15,35H,4-9,11,16-19H2,1-3H3. The number of nitrogens with zero attached hydrogens (tertiary/aromatic N) is 5. The third-order valence-electron chi connectivity index (χ3n) is 6.92. The van der Waals surface area contributed by atoms with E-state index in [1.807, 2.05) is 44.2 Å². The quantitative estimate of drug-likeness (QED) is 0.291. The molecule has 0 aliphatic carbocycles. The number of unbranched alkanes of at least 4 members (excludes halogenated alkanes) is 4. The summed E-state index contributed by atoms with van der Waals surface area (Å²) in [5.74, 6) is -0.0988. The third-order valence-corrected chi connectivity index (χ3v) is 6.92. The van der Waals surface area contributed by atoms with Crippen LogP contribution in [0.3, 0.4) is 0 Å². The maximum absolute atomic E-state index is 13.7. The van der Waals surface area contributed by atoms with Gasteiger partial charge in [-0.3, -0.25) is 23.3 Å². The van der Waals surface area contributed by atoms with Gasteiger partial charge in [-0.2, -0.15) is 4.98 Å². The van der Waals surface area contributed by atoms with Crippen molar-refractivity contribution in [2.45, 2.75) is 91.8 Å². The van der Waals surface area contributed by atoms with E-state index in [1.54, 1.807) is 0 Å². The summed E-state index contributed by atoms with van der Waals surface area (Å²) >= 11 is 0. The monoisotopic (exact) mass is 507 g/mol. The van der Waals surface area contributed by atoms with Crippen LogP contribution in [0.4, 0.5) is 0 Å². The van der Waals surface area contributed by atoms with Gasteiger partial charge in [0.1, 0.15) is 0 Å². The van der Waals surface area contributed by atoms with Crippen molar-refractivity contribution >= 4 is 16.9 Å². The first-order valence-corrected chi connectivity index (χ1v) is 13.5. The van der Waals surface area contributed by atoms with E-state index in [2.05, 4.69) is 11.9 Å². The Morgan fingerprint density at radius 3 is 2.08 bits per heavy atom. The van der Waals surface area contributed by atoms with Crippen molar-refractivity contribution in [3.8, 4) is 5.88 Å². The Morgan fingerprint density at radius 2 is 1.43 bits per heavy atom. The molecule has 0 saturated carbocycles. The molecular formula is C28H37N5O4. The van der Waals surface area contributed by atoms with Gasteiger partial charge in [0.25, 0.3) is 11.1 Å². The van der Waals surface area contributed by atoms with Crippen LogP contribution < -0.4 is 16.8 Å². The molecule has 0 fully saturated rings. The fourth-order valence-electron chi connectivity index (χ4n) is 4.80. The first kappa shape index (κ1) is 26.4. The van der Waals surface area contributed by atoms with Crippen LogP contribution in [0.2, 0.25) is 0 Å². The molecule has 0 radical (unpaired) electrons. The fraction of sp³-hybridized carbons (Fsp3) is 0.500. The number of rotatable bonds is 12. The molecule has 0 unspecified atom stereocenters. The highest BCUT2D eigenvalue weighted by atomic mass is 16.3. The fourth-order valence-corrected chi connectivity index (χ4v) is 4.80. The molecule has 1 N–H and O–H groups in total.